The molecule has 0 unspecified atom stereocenters. The highest BCUT2D eigenvalue weighted by molar-refractivity contribution is 7.89. The second-order valence-electron chi connectivity index (χ2n) is 7.34. The first kappa shape index (κ1) is 24.0. The molecule has 1 aliphatic rings. The van der Waals surface area contributed by atoms with Crippen LogP contribution in [0.5, 0.6) is 0 Å². The van der Waals surface area contributed by atoms with Gasteiger partial charge in [0, 0.05) is 19.6 Å². The van der Waals surface area contributed by atoms with Crippen molar-refractivity contribution < 1.29 is 26.4 Å². The number of nitriles is 1. The highest BCUT2D eigenvalue weighted by atomic mass is 35.5. The van der Waals surface area contributed by atoms with Crippen LogP contribution in [0.4, 0.5) is 13.2 Å². The highest BCUT2D eigenvalue weighted by Crippen LogP contribution is 2.28. The van der Waals surface area contributed by atoms with Crippen LogP contribution in [0.2, 0.25) is 5.02 Å². The SMILES string of the molecule is N#Cc1ccc(CN(CC(F)(F)F)C(=O)c2cc(S(=O)(=O)N3CCCC3)ccc2Cl)cc1. The van der Waals surface area contributed by atoms with Crippen LogP contribution < -0.4 is 0 Å². The number of sulfonamides is 1. The molecule has 0 saturated carbocycles. The summed E-state index contributed by atoms with van der Waals surface area (Å²) in [5.41, 5.74) is 0.369. The van der Waals surface area contributed by atoms with Gasteiger partial charge in [-0.15, -0.1) is 0 Å². The Morgan fingerprint density at radius 2 is 1.75 bits per heavy atom. The summed E-state index contributed by atoms with van der Waals surface area (Å²) in [7, 11) is -3.89. The Morgan fingerprint density at radius 3 is 2.31 bits per heavy atom. The maximum absolute atomic E-state index is 13.2. The van der Waals surface area contributed by atoms with Gasteiger partial charge >= 0.3 is 6.18 Å². The van der Waals surface area contributed by atoms with Gasteiger partial charge in [0.2, 0.25) is 10.0 Å². The van der Waals surface area contributed by atoms with Crippen LogP contribution in [0.3, 0.4) is 0 Å². The smallest absolute Gasteiger partial charge is 0.325 e. The molecule has 0 spiro atoms. The molecule has 0 N–H and O–H groups in total. The van der Waals surface area contributed by atoms with Gasteiger partial charge in [-0.05, 0) is 48.7 Å². The van der Waals surface area contributed by atoms with E-state index in [-0.39, 0.29) is 15.5 Å². The lowest BCUT2D eigenvalue weighted by Gasteiger charge is -2.25. The molecular formula is C21H19ClF3N3O3S. The molecule has 2 aromatic carbocycles. The lowest BCUT2D eigenvalue weighted by atomic mass is 10.1. The minimum Gasteiger partial charge on any atom is -0.325 e. The molecule has 1 saturated heterocycles. The van der Waals surface area contributed by atoms with Crippen LogP contribution in [-0.2, 0) is 16.6 Å². The van der Waals surface area contributed by atoms with E-state index in [4.69, 9.17) is 16.9 Å². The number of halogens is 4. The van der Waals surface area contributed by atoms with Crippen molar-refractivity contribution in [2.24, 2.45) is 0 Å². The summed E-state index contributed by atoms with van der Waals surface area (Å²) in [6.45, 7) is -1.27. The number of hydrogen-bond donors (Lipinski definition) is 0. The monoisotopic (exact) mass is 485 g/mol. The van der Waals surface area contributed by atoms with E-state index in [1.54, 1.807) is 0 Å². The zero-order chi connectivity index (χ0) is 23.5. The molecule has 3 rings (SSSR count). The Bertz CT molecular complexity index is 1140. The fraction of sp³-hybridized carbons (Fsp3) is 0.333. The molecule has 0 radical (unpaired) electrons. The number of amides is 1. The van der Waals surface area contributed by atoms with Gasteiger partial charge in [-0.25, -0.2) is 8.42 Å². The topological polar surface area (TPSA) is 81.5 Å². The summed E-state index contributed by atoms with van der Waals surface area (Å²) in [5, 5.41) is 8.72. The van der Waals surface area contributed by atoms with Gasteiger partial charge in [-0.1, -0.05) is 23.7 Å². The molecule has 0 bridgehead atoms. The first-order valence-corrected chi connectivity index (χ1v) is 11.5. The molecule has 32 heavy (non-hydrogen) atoms. The number of carbonyl (C=O) groups is 1. The zero-order valence-electron chi connectivity index (χ0n) is 16.8. The van der Waals surface area contributed by atoms with Crippen LogP contribution >= 0.6 is 11.6 Å². The third kappa shape index (κ3) is 5.59. The standard InChI is InChI=1S/C21H19ClF3N3O3S/c22-19-8-7-17(32(30,31)28-9-1-2-10-28)11-18(19)20(29)27(14-21(23,24)25)13-16-5-3-15(12-26)4-6-16/h3-8,11H,1-2,9-10,13-14H2. The maximum atomic E-state index is 13.2. The first-order valence-electron chi connectivity index (χ1n) is 9.66. The summed E-state index contributed by atoms with van der Waals surface area (Å²) in [6.07, 6.45) is -3.26. The Morgan fingerprint density at radius 1 is 1.12 bits per heavy atom. The molecule has 11 heteroatoms. The summed E-state index contributed by atoms with van der Waals surface area (Å²) in [6, 6.07) is 11.1. The van der Waals surface area contributed by atoms with Gasteiger partial charge in [-0.3, -0.25) is 4.79 Å². The molecular weight excluding hydrogens is 467 g/mol. The molecule has 2 aromatic rings. The quantitative estimate of drug-likeness (QED) is 0.614. The second-order valence-corrected chi connectivity index (χ2v) is 9.68. The normalized spacial score (nSPS) is 14.8. The van der Waals surface area contributed by atoms with Gasteiger partial charge in [0.1, 0.15) is 6.54 Å². The van der Waals surface area contributed by atoms with Crippen LogP contribution in [0.15, 0.2) is 47.4 Å². The van der Waals surface area contributed by atoms with Crippen molar-refractivity contribution in [3.05, 3.63) is 64.2 Å². The van der Waals surface area contributed by atoms with Gasteiger partial charge < -0.3 is 4.90 Å². The lowest BCUT2D eigenvalue weighted by molar-refractivity contribution is -0.141. The number of hydrogen-bond acceptors (Lipinski definition) is 4. The largest absolute Gasteiger partial charge is 0.406 e. The third-order valence-corrected chi connectivity index (χ3v) is 7.21. The molecule has 1 aliphatic heterocycles. The predicted molar refractivity (Wildman–Crippen MR) is 111 cm³/mol. The maximum Gasteiger partial charge on any atom is 0.406 e. The molecule has 0 aromatic heterocycles. The van der Waals surface area contributed by atoms with Crippen molar-refractivity contribution in [3.63, 3.8) is 0 Å². The predicted octanol–water partition coefficient (Wildman–Crippen LogP) is 4.20. The Hall–Kier alpha value is -2.61. The van der Waals surface area contributed by atoms with Crippen molar-refractivity contribution in [2.45, 2.75) is 30.5 Å². The average molecular weight is 486 g/mol. The fourth-order valence-electron chi connectivity index (χ4n) is 3.40. The van der Waals surface area contributed by atoms with Gasteiger partial charge in [0.15, 0.2) is 0 Å². The minimum atomic E-state index is -4.69. The lowest BCUT2D eigenvalue weighted by Crippen LogP contribution is -2.38. The Kier molecular flexibility index (Phi) is 7.12. The number of nitrogens with zero attached hydrogens (tertiary/aromatic N) is 3. The van der Waals surface area contributed by atoms with E-state index in [1.807, 2.05) is 6.07 Å². The van der Waals surface area contributed by atoms with Crippen LogP contribution in [0.25, 0.3) is 0 Å². The van der Waals surface area contributed by atoms with Crippen molar-refractivity contribution in [1.82, 2.24) is 9.21 Å². The van der Waals surface area contributed by atoms with Crippen LogP contribution in [-0.4, -0.2) is 49.3 Å². The fourth-order valence-corrected chi connectivity index (χ4v) is 5.14. The summed E-state index contributed by atoms with van der Waals surface area (Å²) >= 11 is 6.09. The number of carbonyl (C=O) groups excluding carboxylic acids is 1. The minimum absolute atomic E-state index is 0.151. The zero-order valence-corrected chi connectivity index (χ0v) is 18.3. The van der Waals surface area contributed by atoms with E-state index < -0.39 is 35.2 Å². The van der Waals surface area contributed by atoms with E-state index in [0.717, 1.165) is 6.07 Å². The van der Waals surface area contributed by atoms with E-state index in [9.17, 15) is 26.4 Å². The Labute approximate surface area is 188 Å². The summed E-state index contributed by atoms with van der Waals surface area (Å²) in [4.78, 5) is 13.4. The molecule has 0 aliphatic carbocycles. The van der Waals surface area contributed by atoms with Gasteiger partial charge in [-0.2, -0.15) is 22.7 Å². The summed E-state index contributed by atoms with van der Waals surface area (Å²) in [5.74, 6) is -1.05. The van der Waals surface area contributed by atoms with E-state index in [1.165, 1.54) is 40.7 Å². The average Bonchev–Trinajstić information content (AvgIpc) is 3.28. The highest BCUT2D eigenvalue weighted by Gasteiger charge is 2.35. The number of alkyl halides is 3. The molecule has 170 valence electrons. The van der Waals surface area contributed by atoms with Crippen molar-refractivity contribution >= 4 is 27.5 Å². The molecule has 6 nitrogen and oxygen atoms in total. The second kappa shape index (κ2) is 9.48. The van der Waals surface area contributed by atoms with Crippen molar-refractivity contribution in [2.75, 3.05) is 19.6 Å². The molecule has 1 fully saturated rings. The Balaban J connectivity index is 1.95. The van der Waals surface area contributed by atoms with E-state index in [0.29, 0.717) is 42.0 Å². The van der Waals surface area contributed by atoms with E-state index >= 15 is 0 Å². The molecule has 1 heterocycles. The van der Waals surface area contributed by atoms with E-state index in [2.05, 4.69) is 0 Å². The van der Waals surface area contributed by atoms with Gasteiger partial charge in [0.05, 0.1) is 27.1 Å². The molecule has 1 amide bonds. The summed E-state index contributed by atoms with van der Waals surface area (Å²) < 4.78 is 66.5. The van der Waals surface area contributed by atoms with Crippen molar-refractivity contribution in [3.8, 4) is 6.07 Å². The number of benzene rings is 2. The number of rotatable bonds is 6. The van der Waals surface area contributed by atoms with Crippen molar-refractivity contribution in [1.29, 1.82) is 5.26 Å². The van der Waals surface area contributed by atoms with Crippen LogP contribution in [0.1, 0.15) is 34.3 Å². The first-order chi connectivity index (χ1) is 15.0. The molecule has 0 atom stereocenters. The third-order valence-electron chi connectivity index (χ3n) is 4.98. The van der Waals surface area contributed by atoms with Crippen LogP contribution in [0, 0.1) is 11.3 Å². The van der Waals surface area contributed by atoms with Gasteiger partial charge in [0.25, 0.3) is 5.91 Å².